The molecule has 1 aliphatic heterocycles. The molecule has 1 aromatic carbocycles. The number of rotatable bonds is 4. The number of nitrogens with two attached hydrogens (primary N) is 1. The second-order valence-electron chi connectivity index (χ2n) is 6.75. The van der Waals surface area contributed by atoms with Crippen molar-refractivity contribution in [3.05, 3.63) is 47.7 Å². The molecule has 1 saturated heterocycles. The van der Waals surface area contributed by atoms with Gasteiger partial charge in [0.25, 0.3) is 0 Å². The Hall–Kier alpha value is -2.65. The quantitative estimate of drug-likeness (QED) is 0.610. The van der Waals surface area contributed by atoms with Crippen LogP contribution in [0.15, 0.2) is 24.7 Å². The SMILES string of the molecule is NC1CCN(Cc2c[nH]c3ncnc(Nc4cc(F)c(F)c(F)c4)c23)CC1. The highest BCUT2D eigenvalue weighted by Crippen LogP contribution is 2.28. The van der Waals surface area contributed by atoms with E-state index in [1.54, 1.807) is 0 Å². The van der Waals surface area contributed by atoms with Crippen LogP contribution in [0.2, 0.25) is 0 Å². The maximum absolute atomic E-state index is 13.5. The number of hydrogen-bond donors (Lipinski definition) is 3. The van der Waals surface area contributed by atoms with Gasteiger partial charge in [0.15, 0.2) is 17.5 Å². The highest BCUT2D eigenvalue weighted by atomic mass is 19.2. The summed E-state index contributed by atoms with van der Waals surface area (Å²) in [5.41, 5.74) is 7.60. The van der Waals surface area contributed by atoms with Crippen molar-refractivity contribution in [1.82, 2.24) is 19.9 Å². The minimum absolute atomic E-state index is 0.0718. The van der Waals surface area contributed by atoms with Crippen molar-refractivity contribution >= 4 is 22.5 Å². The Morgan fingerprint density at radius 3 is 2.56 bits per heavy atom. The van der Waals surface area contributed by atoms with E-state index in [2.05, 4.69) is 25.2 Å². The number of benzene rings is 1. The molecule has 0 atom stereocenters. The third kappa shape index (κ3) is 3.60. The number of aromatic amines is 1. The van der Waals surface area contributed by atoms with Gasteiger partial charge in [-0.1, -0.05) is 0 Å². The van der Waals surface area contributed by atoms with Crippen molar-refractivity contribution in [2.24, 2.45) is 5.73 Å². The first-order valence-corrected chi connectivity index (χ1v) is 8.71. The van der Waals surface area contributed by atoms with Gasteiger partial charge in [0.05, 0.1) is 5.39 Å². The van der Waals surface area contributed by atoms with Crippen LogP contribution >= 0.6 is 0 Å². The standard InChI is InChI=1S/C18H19F3N6/c19-13-5-12(6-14(20)16(13)21)26-18-15-10(7-23-17(15)24-9-25-18)8-27-3-1-11(22)2-4-27/h5-7,9,11H,1-4,8,22H2,(H2,23,24,25,26). The number of H-pyrrole nitrogens is 1. The number of likely N-dealkylation sites (tertiary alicyclic amines) is 1. The Labute approximate surface area is 153 Å². The van der Waals surface area contributed by atoms with Gasteiger partial charge in [-0.15, -0.1) is 0 Å². The molecule has 0 amide bonds. The van der Waals surface area contributed by atoms with Gasteiger partial charge in [0.2, 0.25) is 0 Å². The molecule has 3 aromatic rings. The molecule has 4 rings (SSSR count). The van der Waals surface area contributed by atoms with E-state index in [1.165, 1.54) is 6.33 Å². The fraction of sp³-hybridized carbons (Fsp3) is 0.333. The maximum Gasteiger partial charge on any atom is 0.194 e. The maximum atomic E-state index is 13.5. The molecular weight excluding hydrogens is 357 g/mol. The van der Waals surface area contributed by atoms with Gasteiger partial charge in [-0.05, 0) is 31.5 Å². The van der Waals surface area contributed by atoms with Crippen LogP contribution in [0, 0.1) is 17.5 Å². The van der Waals surface area contributed by atoms with Gasteiger partial charge in [-0.25, -0.2) is 23.1 Å². The Morgan fingerprint density at radius 2 is 1.85 bits per heavy atom. The van der Waals surface area contributed by atoms with E-state index >= 15 is 0 Å². The van der Waals surface area contributed by atoms with Crippen molar-refractivity contribution < 1.29 is 13.2 Å². The predicted octanol–water partition coefficient (Wildman–Crippen LogP) is 3.04. The molecule has 0 spiro atoms. The molecule has 27 heavy (non-hydrogen) atoms. The van der Waals surface area contributed by atoms with Gasteiger partial charge in [-0.3, -0.25) is 4.90 Å². The molecule has 0 saturated carbocycles. The van der Waals surface area contributed by atoms with Gasteiger partial charge >= 0.3 is 0 Å². The Balaban J connectivity index is 1.64. The Bertz CT molecular complexity index is 942. The number of anilines is 2. The number of aromatic nitrogens is 3. The zero-order valence-electron chi connectivity index (χ0n) is 14.5. The molecule has 142 valence electrons. The Kier molecular flexibility index (Phi) is 4.71. The monoisotopic (exact) mass is 376 g/mol. The number of fused-ring (bicyclic) bond motifs is 1. The van der Waals surface area contributed by atoms with Crippen LogP contribution in [0.25, 0.3) is 11.0 Å². The average Bonchev–Trinajstić information content (AvgIpc) is 3.05. The van der Waals surface area contributed by atoms with Crippen LogP contribution in [-0.2, 0) is 6.54 Å². The smallest absolute Gasteiger partial charge is 0.194 e. The number of halogens is 3. The van der Waals surface area contributed by atoms with Crippen molar-refractivity contribution in [1.29, 1.82) is 0 Å². The van der Waals surface area contributed by atoms with Crippen LogP contribution in [-0.4, -0.2) is 39.0 Å². The van der Waals surface area contributed by atoms with E-state index in [4.69, 9.17) is 5.73 Å². The normalized spacial score (nSPS) is 16.1. The molecule has 3 heterocycles. The molecule has 0 aliphatic carbocycles. The van der Waals surface area contributed by atoms with Gasteiger partial charge in [0.1, 0.15) is 17.8 Å². The highest BCUT2D eigenvalue weighted by molar-refractivity contribution is 5.92. The first-order valence-electron chi connectivity index (χ1n) is 8.71. The lowest BCUT2D eigenvalue weighted by Gasteiger charge is -2.29. The van der Waals surface area contributed by atoms with Gasteiger partial charge in [0, 0.05) is 36.6 Å². The van der Waals surface area contributed by atoms with Crippen LogP contribution in [0.5, 0.6) is 0 Å². The van der Waals surface area contributed by atoms with Crippen molar-refractivity contribution in [2.45, 2.75) is 25.4 Å². The van der Waals surface area contributed by atoms with Crippen molar-refractivity contribution in [2.75, 3.05) is 18.4 Å². The summed E-state index contributed by atoms with van der Waals surface area (Å²) in [6, 6.07) is 2.03. The predicted molar refractivity (Wildman–Crippen MR) is 96.0 cm³/mol. The lowest BCUT2D eigenvalue weighted by atomic mass is 10.1. The fourth-order valence-electron chi connectivity index (χ4n) is 3.36. The largest absolute Gasteiger partial charge is 0.346 e. The molecule has 0 bridgehead atoms. The summed E-state index contributed by atoms with van der Waals surface area (Å²) in [6.45, 7) is 2.48. The summed E-state index contributed by atoms with van der Waals surface area (Å²) in [4.78, 5) is 13.8. The first kappa shape index (κ1) is 17.7. The number of piperidine rings is 1. The van der Waals surface area contributed by atoms with Crippen molar-refractivity contribution in [3.8, 4) is 0 Å². The van der Waals surface area contributed by atoms with E-state index in [1.807, 2.05) is 6.20 Å². The van der Waals surface area contributed by atoms with E-state index in [0.29, 0.717) is 18.0 Å². The molecule has 0 radical (unpaired) electrons. The first-order chi connectivity index (χ1) is 13.0. The minimum Gasteiger partial charge on any atom is -0.346 e. The lowest BCUT2D eigenvalue weighted by molar-refractivity contribution is 0.206. The second kappa shape index (κ2) is 7.16. The zero-order valence-corrected chi connectivity index (χ0v) is 14.5. The van der Waals surface area contributed by atoms with Crippen LogP contribution in [0.3, 0.4) is 0 Å². The summed E-state index contributed by atoms with van der Waals surface area (Å²) >= 11 is 0. The molecule has 6 nitrogen and oxygen atoms in total. The molecule has 1 fully saturated rings. The third-order valence-electron chi connectivity index (χ3n) is 4.82. The van der Waals surface area contributed by atoms with E-state index in [0.717, 1.165) is 49.0 Å². The van der Waals surface area contributed by atoms with Crippen molar-refractivity contribution in [3.63, 3.8) is 0 Å². The fourth-order valence-corrected chi connectivity index (χ4v) is 3.36. The Morgan fingerprint density at radius 1 is 1.15 bits per heavy atom. The average molecular weight is 376 g/mol. The summed E-state index contributed by atoms with van der Waals surface area (Å²) < 4.78 is 40.2. The molecule has 9 heteroatoms. The number of hydrogen-bond acceptors (Lipinski definition) is 5. The lowest BCUT2D eigenvalue weighted by Crippen LogP contribution is -2.39. The summed E-state index contributed by atoms with van der Waals surface area (Å²) in [6.07, 6.45) is 5.09. The van der Waals surface area contributed by atoms with Crippen LogP contribution in [0.1, 0.15) is 18.4 Å². The molecule has 0 unspecified atom stereocenters. The highest BCUT2D eigenvalue weighted by Gasteiger charge is 2.19. The summed E-state index contributed by atoms with van der Waals surface area (Å²) in [5, 5.41) is 3.60. The molecular formula is C18H19F3N6. The molecule has 1 aliphatic rings. The topological polar surface area (TPSA) is 82.9 Å². The number of nitrogens with zero attached hydrogens (tertiary/aromatic N) is 3. The van der Waals surface area contributed by atoms with Gasteiger partial charge in [-0.2, -0.15) is 0 Å². The van der Waals surface area contributed by atoms with Gasteiger partial charge < -0.3 is 16.0 Å². The van der Waals surface area contributed by atoms with E-state index in [-0.39, 0.29) is 11.7 Å². The molecule has 4 N–H and O–H groups in total. The second-order valence-corrected chi connectivity index (χ2v) is 6.75. The number of nitrogens with one attached hydrogen (secondary N) is 2. The zero-order chi connectivity index (χ0) is 19.0. The van der Waals surface area contributed by atoms with E-state index < -0.39 is 17.5 Å². The third-order valence-corrected chi connectivity index (χ3v) is 4.82. The minimum atomic E-state index is -1.50. The molecule has 2 aromatic heterocycles. The van der Waals surface area contributed by atoms with E-state index in [9.17, 15) is 13.2 Å². The summed E-state index contributed by atoms with van der Waals surface area (Å²) in [5.74, 6) is -3.63. The van der Waals surface area contributed by atoms with Crippen LogP contribution < -0.4 is 11.1 Å². The summed E-state index contributed by atoms with van der Waals surface area (Å²) in [7, 11) is 0. The van der Waals surface area contributed by atoms with Crippen LogP contribution in [0.4, 0.5) is 24.7 Å².